The van der Waals surface area contributed by atoms with Crippen LogP contribution in [-0.2, 0) is 6.18 Å². The minimum atomic E-state index is -4.48. The lowest BCUT2D eigenvalue weighted by molar-refractivity contribution is -0.137. The van der Waals surface area contributed by atoms with E-state index in [-0.39, 0.29) is 30.8 Å². The van der Waals surface area contributed by atoms with Crippen LogP contribution < -0.4 is 10.1 Å². The van der Waals surface area contributed by atoms with E-state index in [1.807, 2.05) is 68.4 Å². The van der Waals surface area contributed by atoms with E-state index in [2.05, 4.69) is 15.4 Å². The van der Waals surface area contributed by atoms with E-state index in [0.29, 0.717) is 17.0 Å². The molecule has 0 saturated carbocycles. The minimum Gasteiger partial charge on any atom is -0.491 e. The molecular formula is C27H25F3N4O2. The smallest absolute Gasteiger partial charge is 0.417 e. The highest BCUT2D eigenvalue weighted by Crippen LogP contribution is 2.30. The highest BCUT2D eigenvalue weighted by atomic mass is 19.4. The van der Waals surface area contributed by atoms with Crippen LogP contribution in [0.25, 0.3) is 16.9 Å². The standard InChI is InChI=1S/C27H25F3N4O2/c1-18(2)25-22(17-33-34(25)24-13-12-20(16-32-24)27(28,29)30)26(35)31-14-15-36-23-11-7-6-10-21(23)19-8-4-3-5-9-19/h3-13,16-18H,14-15H2,1-2H3,(H,31,35). The van der Waals surface area contributed by atoms with Crippen molar-refractivity contribution in [2.45, 2.75) is 25.9 Å². The molecule has 0 radical (unpaired) electrons. The van der Waals surface area contributed by atoms with Crippen LogP contribution in [0.5, 0.6) is 5.75 Å². The third-order valence-corrected chi connectivity index (χ3v) is 5.51. The number of carbonyl (C=O) groups is 1. The van der Waals surface area contributed by atoms with Gasteiger partial charge in [0, 0.05) is 11.8 Å². The SMILES string of the molecule is CC(C)c1c(C(=O)NCCOc2ccccc2-c2ccccc2)cnn1-c1ccc(C(F)(F)F)cn1. The predicted molar refractivity (Wildman–Crippen MR) is 130 cm³/mol. The average molecular weight is 495 g/mol. The Morgan fingerprint density at radius 1 is 1.00 bits per heavy atom. The molecule has 2 aromatic carbocycles. The fourth-order valence-electron chi connectivity index (χ4n) is 3.82. The molecule has 0 saturated heterocycles. The molecule has 0 fully saturated rings. The molecule has 36 heavy (non-hydrogen) atoms. The maximum absolute atomic E-state index is 12.9. The summed E-state index contributed by atoms with van der Waals surface area (Å²) in [6.07, 6.45) is -2.33. The molecule has 0 atom stereocenters. The molecule has 4 aromatic rings. The van der Waals surface area contributed by atoms with Gasteiger partial charge in [-0.25, -0.2) is 9.67 Å². The Kier molecular flexibility index (Phi) is 7.38. The Morgan fingerprint density at radius 2 is 1.72 bits per heavy atom. The molecule has 0 aliphatic rings. The van der Waals surface area contributed by atoms with E-state index in [4.69, 9.17) is 4.74 Å². The number of nitrogens with zero attached hydrogens (tertiary/aromatic N) is 3. The molecule has 4 rings (SSSR count). The number of ether oxygens (including phenoxy) is 1. The van der Waals surface area contributed by atoms with Crippen LogP contribution >= 0.6 is 0 Å². The number of pyridine rings is 1. The molecule has 6 nitrogen and oxygen atoms in total. The van der Waals surface area contributed by atoms with Crippen LogP contribution in [0.1, 0.15) is 41.4 Å². The maximum Gasteiger partial charge on any atom is 0.417 e. The zero-order chi connectivity index (χ0) is 25.7. The average Bonchev–Trinajstić information content (AvgIpc) is 3.33. The zero-order valence-electron chi connectivity index (χ0n) is 19.8. The Morgan fingerprint density at radius 3 is 2.39 bits per heavy atom. The summed E-state index contributed by atoms with van der Waals surface area (Å²) in [5, 5.41) is 7.05. The van der Waals surface area contributed by atoms with Crippen LogP contribution in [0, 0.1) is 0 Å². The first kappa shape index (κ1) is 25.0. The molecule has 9 heteroatoms. The van der Waals surface area contributed by atoms with Crippen molar-refractivity contribution in [3.05, 3.63) is 95.9 Å². The predicted octanol–water partition coefficient (Wildman–Crippen LogP) is 5.89. The van der Waals surface area contributed by atoms with E-state index in [1.165, 1.54) is 16.9 Å². The van der Waals surface area contributed by atoms with Crippen LogP contribution in [0.15, 0.2) is 79.1 Å². The first-order valence-corrected chi connectivity index (χ1v) is 11.4. The zero-order valence-corrected chi connectivity index (χ0v) is 19.8. The van der Waals surface area contributed by atoms with Crippen molar-refractivity contribution in [1.29, 1.82) is 0 Å². The molecule has 1 N–H and O–H groups in total. The molecule has 0 bridgehead atoms. The normalized spacial score (nSPS) is 11.5. The van der Waals surface area contributed by atoms with Gasteiger partial charge in [0.25, 0.3) is 5.91 Å². The van der Waals surface area contributed by atoms with Gasteiger partial charge in [-0.3, -0.25) is 4.79 Å². The molecular weight excluding hydrogens is 469 g/mol. The van der Waals surface area contributed by atoms with Crippen molar-refractivity contribution in [3.63, 3.8) is 0 Å². The summed E-state index contributed by atoms with van der Waals surface area (Å²) in [4.78, 5) is 16.8. The first-order valence-electron chi connectivity index (χ1n) is 11.4. The number of nitrogens with one attached hydrogen (secondary N) is 1. The van der Waals surface area contributed by atoms with Crippen molar-refractivity contribution in [1.82, 2.24) is 20.1 Å². The molecule has 0 spiro atoms. The number of alkyl halides is 3. The third-order valence-electron chi connectivity index (χ3n) is 5.51. The summed E-state index contributed by atoms with van der Waals surface area (Å²) >= 11 is 0. The summed E-state index contributed by atoms with van der Waals surface area (Å²) in [7, 11) is 0. The Bertz CT molecular complexity index is 1320. The van der Waals surface area contributed by atoms with Crippen molar-refractivity contribution in [3.8, 4) is 22.7 Å². The van der Waals surface area contributed by atoms with Gasteiger partial charge in [0.1, 0.15) is 12.4 Å². The Balaban J connectivity index is 1.43. The van der Waals surface area contributed by atoms with Gasteiger partial charge < -0.3 is 10.1 Å². The molecule has 2 heterocycles. The number of hydrogen-bond donors (Lipinski definition) is 1. The number of halogens is 3. The lowest BCUT2D eigenvalue weighted by Crippen LogP contribution is -2.29. The monoisotopic (exact) mass is 494 g/mol. The fourth-order valence-corrected chi connectivity index (χ4v) is 3.82. The molecule has 0 aliphatic heterocycles. The van der Waals surface area contributed by atoms with Crippen LogP contribution in [0.4, 0.5) is 13.2 Å². The van der Waals surface area contributed by atoms with E-state index in [9.17, 15) is 18.0 Å². The van der Waals surface area contributed by atoms with E-state index < -0.39 is 11.7 Å². The van der Waals surface area contributed by atoms with Gasteiger partial charge in [-0.15, -0.1) is 0 Å². The topological polar surface area (TPSA) is 69.0 Å². The van der Waals surface area contributed by atoms with Gasteiger partial charge in [0.2, 0.25) is 0 Å². The summed E-state index contributed by atoms with van der Waals surface area (Å²) in [5.41, 5.74) is 2.02. The Hall–Kier alpha value is -4.14. The number of amides is 1. The fraction of sp³-hybridized carbons (Fsp3) is 0.222. The number of aromatic nitrogens is 3. The lowest BCUT2D eigenvalue weighted by Gasteiger charge is -2.14. The van der Waals surface area contributed by atoms with E-state index in [0.717, 1.165) is 23.4 Å². The van der Waals surface area contributed by atoms with Gasteiger partial charge in [0.05, 0.1) is 29.6 Å². The third kappa shape index (κ3) is 5.56. The summed E-state index contributed by atoms with van der Waals surface area (Å²) in [6, 6.07) is 19.7. The summed E-state index contributed by atoms with van der Waals surface area (Å²) < 4.78 is 46.0. The van der Waals surface area contributed by atoms with Gasteiger partial charge in [-0.05, 0) is 29.7 Å². The molecule has 1 amide bonds. The van der Waals surface area contributed by atoms with Crippen molar-refractivity contribution in [2.24, 2.45) is 0 Å². The highest BCUT2D eigenvalue weighted by molar-refractivity contribution is 5.95. The van der Waals surface area contributed by atoms with Gasteiger partial charge >= 0.3 is 6.18 Å². The second kappa shape index (κ2) is 10.6. The van der Waals surface area contributed by atoms with E-state index in [1.54, 1.807) is 0 Å². The summed E-state index contributed by atoms with van der Waals surface area (Å²) in [5.74, 6) is 0.428. The quantitative estimate of drug-likeness (QED) is 0.311. The highest BCUT2D eigenvalue weighted by Gasteiger charge is 2.31. The largest absolute Gasteiger partial charge is 0.491 e. The maximum atomic E-state index is 12.9. The van der Waals surface area contributed by atoms with Crippen molar-refractivity contribution in [2.75, 3.05) is 13.2 Å². The first-order chi connectivity index (χ1) is 17.3. The number of carbonyl (C=O) groups excluding carboxylic acids is 1. The lowest BCUT2D eigenvalue weighted by atomic mass is 10.1. The van der Waals surface area contributed by atoms with Crippen LogP contribution in [0.2, 0.25) is 0 Å². The number of benzene rings is 2. The number of para-hydroxylation sites is 1. The molecule has 186 valence electrons. The van der Waals surface area contributed by atoms with Crippen LogP contribution in [0.3, 0.4) is 0 Å². The molecule has 2 aromatic heterocycles. The van der Waals surface area contributed by atoms with Gasteiger partial charge in [-0.1, -0.05) is 62.4 Å². The van der Waals surface area contributed by atoms with E-state index >= 15 is 0 Å². The Labute approximate surface area is 206 Å². The van der Waals surface area contributed by atoms with Crippen molar-refractivity contribution < 1.29 is 22.7 Å². The number of hydrogen-bond acceptors (Lipinski definition) is 4. The summed E-state index contributed by atoms with van der Waals surface area (Å²) in [6.45, 7) is 4.25. The number of rotatable bonds is 8. The van der Waals surface area contributed by atoms with Gasteiger partial charge in [-0.2, -0.15) is 18.3 Å². The van der Waals surface area contributed by atoms with Crippen molar-refractivity contribution >= 4 is 5.91 Å². The van der Waals surface area contributed by atoms with Gasteiger partial charge in [0.15, 0.2) is 5.82 Å². The van der Waals surface area contributed by atoms with Crippen LogP contribution in [-0.4, -0.2) is 33.8 Å². The molecule has 0 unspecified atom stereocenters. The molecule has 0 aliphatic carbocycles. The second-order valence-electron chi connectivity index (χ2n) is 8.38. The second-order valence-corrected chi connectivity index (χ2v) is 8.38. The minimum absolute atomic E-state index is 0.133.